The summed E-state index contributed by atoms with van der Waals surface area (Å²) in [6.45, 7) is 5.07. The van der Waals surface area contributed by atoms with E-state index in [1.54, 1.807) is 0 Å². The predicted molar refractivity (Wildman–Crippen MR) is 163 cm³/mol. The fourth-order valence-corrected chi connectivity index (χ4v) is 5.79. The lowest BCUT2D eigenvalue weighted by Crippen LogP contribution is -2.54. The van der Waals surface area contributed by atoms with Crippen LogP contribution in [0, 0.1) is 6.92 Å². The molecular weight excluding hydrogens is 593 g/mol. The van der Waals surface area contributed by atoms with Gasteiger partial charge in [-0.25, -0.2) is 8.42 Å². The Bertz CT molecular complexity index is 1470. The number of anilines is 1. The Hall–Kier alpha value is -2.78. The number of aryl methyl sites for hydroxylation is 1. The fourth-order valence-electron chi connectivity index (χ4n) is 4.24. The van der Waals surface area contributed by atoms with Crippen LogP contribution in [0.25, 0.3) is 0 Å². The highest BCUT2D eigenvalue weighted by Crippen LogP contribution is 2.35. The lowest BCUT2D eigenvalue weighted by molar-refractivity contribution is -0.140. The molecule has 0 fully saturated rings. The molecule has 0 radical (unpaired) electrons. The quantitative estimate of drug-likeness (QED) is 0.270. The van der Waals surface area contributed by atoms with E-state index in [0.29, 0.717) is 0 Å². The Morgan fingerprint density at radius 3 is 2.10 bits per heavy atom. The standard InChI is InChI=1S/C29H32Cl3N3O4S/c1-19(2)33-29(37)27(14-21-10-6-5-7-11-21)34(17-22-12-8-9-20(3)13-22)28(36)18-35(40(4,38)39)26-16-24(31)23(30)15-25(26)32/h5-13,15-16,19,27H,14,17-18H2,1-4H3,(H,33,37)/t27-/m0/s1. The van der Waals surface area contributed by atoms with Crippen molar-refractivity contribution in [3.63, 3.8) is 0 Å². The van der Waals surface area contributed by atoms with Gasteiger partial charge < -0.3 is 10.2 Å². The molecule has 40 heavy (non-hydrogen) atoms. The number of carbonyl (C=O) groups is 2. The van der Waals surface area contributed by atoms with Gasteiger partial charge in [0, 0.05) is 19.0 Å². The van der Waals surface area contributed by atoms with Crippen LogP contribution in [0.4, 0.5) is 5.69 Å². The van der Waals surface area contributed by atoms with Crippen molar-refractivity contribution in [2.45, 2.75) is 45.8 Å². The Morgan fingerprint density at radius 1 is 0.875 bits per heavy atom. The average Bonchev–Trinajstić information content (AvgIpc) is 2.86. The fraction of sp³-hybridized carbons (Fsp3) is 0.310. The third-order valence-corrected chi connectivity index (χ3v) is 8.23. The van der Waals surface area contributed by atoms with Crippen LogP contribution in [0.3, 0.4) is 0 Å². The molecule has 3 aromatic rings. The van der Waals surface area contributed by atoms with Gasteiger partial charge in [0.2, 0.25) is 21.8 Å². The summed E-state index contributed by atoms with van der Waals surface area (Å²) in [6.07, 6.45) is 1.19. The van der Waals surface area contributed by atoms with Crippen molar-refractivity contribution in [3.05, 3.63) is 98.5 Å². The van der Waals surface area contributed by atoms with Crippen molar-refractivity contribution in [2.24, 2.45) is 0 Å². The first kappa shape index (κ1) is 31.7. The van der Waals surface area contributed by atoms with Crippen LogP contribution in [0.2, 0.25) is 15.1 Å². The van der Waals surface area contributed by atoms with Gasteiger partial charge in [0.05, 0.1) is 27.0 Å². The first-order valence-corrected chi connectivity index (χ1v) is 15.6. The first-order valence-electron chi connectivity index (χ1n) is 12.6. The van der Waals surface area contributed by atoms with E-state index in [4.69, 9.17) is 34.8 Å². The molecule has 0 aliphatic heterocycles. The van der Waals surface area contributed by atoms with Crippen LogP contribution in [0.1, 0.15) is 30.5 Å². The number of amides is 2. The first-order chi connectivity index (χ1) is 18.8. The highest BCUT2D eigenvalue weighted by Gasteiger charge is 2.34. The maximum Gasteiger partial charge on any atom is 0.244 e. The van der Waals surface area contributed by atoms with Crippen molar-refractivity contribution in [3.8, 4) is 0 Å². The number of hydrogen-bond donors (Lipinski definition) is 1. The number of nitrogens with one attached hydrogen (secondary N) is 1. The van der Waals surface area contributed by atoms with Gasteiger partial charge in [-0.3, -0.25) is 13.9 Å². The molecule has 1 atom stereocenters. The molecule has 0 bridgehead atoms. The summed E-state index contributed by atoms with van der Waals surface area (Å²) in [4.78, 5) is 29.1. The summed E-state index contributed by atoms with van der Waals surface area (Å²) in [5.41, 5.74) is 2.63. The SMILES string of the molecule is Cc1cccc(CN(C(=O)CN(c2cc(Cl)c(Cl)cc2Cl)S(C)(=O)=O)[C@@H](Cc2ccccc2)C(=O)NC(C)C)c1. The van der Waals surface area contributed by atoms with E-state index < -0.39 is 28.5 Å². The van der Waals surface area contributed by atoms with Crippen LogP contribution < -0.4 is 9.62 Å². The van der Waals surface area contributed by atoms with Crippen molar-refractivity contribution < 1.29 is 18.0 Å². The molecule has 0 aliphatic carbocycles. The van der Waals surface area contributed by atoms with Crippen molar-refractivity contribution >= 4 is 62.3 Å². The number of halogens is 3. The van der Waals surface area contributed by atoms with Crippen molar-refractivity contribution in [1.29, 1.82) is 0 Å². The molecule has 0 saturated carbocycles. The number of benzene rings is 3. The molecule has 11 heteroatoms. The van der Waals surface area contributed by atoms with Gasteiger partial charge in [-0.1, -0.05) is 95.0 Å². The van der Waals surface area contributed by atoms with Crippen LogP contribution in [0.15, 0.2) is 66.7 Å². The van der Waals surface area contributed by atoms with Crippen LogP contribution in [0.5, 0.6) is 0 Å². The van der Waals surface area contributed by atoms with Crippen LogP contribution >= 0.6 is 34.8 Å². The van der Waals surface area contributed by atoms with E-state index in [0.717, 1.165) is 27.3 Å². The molecular formula is C29H32Cl3N3O4S. The Kier molecular flexibility index (Phi) is 10.9. The summed E-state index contributed by atoms with van der Waals surface area (Å²) in [6, 6.07) is 18.4. The molecule has 0 aromatic heterocycles. The van der Waals surface area contributed by atoms with Gasteiger partial charge in [0.15, 0.2) is 0 Å². The summed E-state index contributed by atoms with van der Waals surface area (Å²) in [5, 5.41) is 3.15. The number of hydrogen-bond acceptors (Lipinski definition) is 4. The molecule has 0 heterocycles. The maximum atomic E-state index is 14.1. The third kappa shape index (κ3) is 8.61. The zero-order chi connectivity index (χ0) is 29.6. The van der Waals surface area contributed by atoms with Gasteiger partial charge in [-0.2, -0.15) is 0 Å². The second-order valence-electron chi connectivity index (χ2n) is 9.87. The van der Waals surface area contributed by atoms with Gasteiger partial charge in [-0.15, -0.1) is 0 Å². The number of rotatable bonds is 11. The number of sulfonamides is 1. The Morgan fingerprint density at radius 2 is 1.50 bits per heavy atom. The third-order valence-electron chi connectivity index (χ3n) is 6.08. The van der Waals surface area contributed by atoms with E-state index in [2.05, 4.69) is 5.32 Å². The highest BCUT2D eigenvalue weighted by molar-refractivity contribution is 7.92. The molecule has 3 rings (SSSR count). The average molecular weight is 625 g/mol. The predicted octanol–water partition coefficient (Wildman–Crippen LogP) is 5.89. The zero-order valence-corrected chi connectivity index (χ0v) is 25.8. The second kappa shape index (κ2) is 13.7. The molecule has 7 nitrogen and oxygen atoms in total. The molecule has 0 unspecified atom stereocenters. The summed E-state index contributed by atoms with van der Waals surface area (Å²) in [7, 11) is -4.00. The lowest BCUT2D eigenvalue weighted by atomic mass is 10.0. The maximum absolute atomic E-state index is 14.1. The van der Waals surface area contributed by atoms with Gasteiger partial charge in [0.1, 0.15) is 12.6 Å². The lowest BCUT2D eigenvalue weighted by Gasteiger charge is -2.34. The van der Waals surface area contributed by atoms with E-state index in [9.17, 15) is 18.0 Å². The van der Waals surface area contributed by atoms with E-state index >= 15 is 0 Å². The second-order valence-corrected chi connectivity index (χ2v) is 13.0. The topological polar surface area (TPSA) is 86.8 Å². The minimum Gasteiger partial charge on any atom is -0.352 e. The van der Waals surface area contributed by atoms with E-state index in [1.807, 2.05) is 75.4 Å². The van der Waals surface area contributed by atoms with Crippen molar-refractivity contribution in [1.82, 2.24) is 10.2 Å². The molecule has 0 aliphatic rings. The van der Waals surface area contributed by atoms with E-state index in [-0.39, 0.29) is 45.7 Å². The minimum atomic E-state index is -4.00. The summed E-state index contributed by atoms with van der Waals surface area (Å²) in [5.74, 6) is -0.938. The minimum absolute atomic E-state index is 0.00802. The Labute approximate surface area is 251 Å². The van der Waals surface area contributed by atoms with Crippen LogP contribution in [-0.2, 0) is 32.6 Å². The normalized spacial score (nSPS) is 12.2. The summed E-state index contributed by atoms with van der Waals surface area (Å²) >= 11 is 18.6. The van der Waals surface area contributed by atoms with Crippen molar-refractivity contribution in [2.75, 3.05) is 17.1 Å². The Balaban J connectivity index is 2.10. The zero-order valence-electron chi connectivity index (χ0n) is 22.7. The number of nitrogens with zero attached hydrogens (tertiary/aromatic N) is 2. The molecule has 3 aromatic carbocycles. The molecule has 0 spiro atoms. The highest BCUT2D eigenvalue weighted by atomic mass is 35.5. The van der Waals surface area contributed by atoms with Crippen LogP contribution in [-0.4, -0.2) is 50.0 Å². The molecule has 2 amide bonds. The van der Waals surface area contributed by atoms with Gasteiger partial charge in [-0.05, 0) is 44.0 Å². The van der Waals surface area contributed by atoms with Gasteiger partial charge in [0.25, 0.3) is 0 Å². The molecule has 1 N–H and O–H groups in total. The van der Waals surface area contributed by atoms with Gasteiger partial charge >= 0.3 is 0 Å². The molecule has 214 valence electrons. The number of carbonyl (C=O) groups excluding carboxylic acids is 2. The monoisotopic (exact) mass is 623 g/mol. The largest absolute Gasteiger partial charge is 0.352 e. The van der Waals surface area contributed by atoms with E-state index in [1.165, 1.54) is 17.0 Å². The smallest absolute Gasteiger partial charge is 0.244 e. The summed E-state index contributed by atoms with van der Waals surface area (Å²) < 4.78 is 26.7. The molecule has 0 saturated heterocycles.